The number of carbonyl (C=O) groups is 1. The minimum atomic E-state index is -0.191. The average Bonchev–Trinajstić information content (AvgIpc) is 2.53. The predicted molar refractivity (Wildman–Crippen MR) is 94.1 cm³/mol. The summed E-state index contributed by atoms with van der Waals surface area (Å²) in [5.41, 5.74) is 2.53. The molecule has 0 aliphatic rings. The molecule has 0 atom stereocenters. The monoisotopic (exact) mass is 331 g/mol. The summed E-state index contributed by atoms with van der Waals surface area (Å²) in [6.07, 6.45) is 0.686. The van der Waals surface area contributed by atoms with E-state index in [0.717, 1.165) is 11.4 Å². The van der Waals surface area contributed by atoms with Gasteiger partial charge in [0.05, 0.1) is 5.75 Å². The van der Waals surface area contributed by atoms with Gasteiger partial charge in [0.15, 0.2) is 5.16 Å². The lowest BCUT2D eigenvalue weighted by molar-refractivity contribution is -0.113. The number of aromatic amines is 1. The number of aromatic nitrogens is 2. The second-order valence-corrected chi connectivity index (χ2v) is 6.47. The van der Waals surface area contributed by atoms with Crippen LogP contribution in [0.3, 0.4) is 0 Å². The average molecular weight is 331 g/mol. The zero-order chi connectivity index (χ0) is 16.8. The third-order valence-corrected chi connectivity index (χ3v) is 4.21. The molecule has 0 aliphatic carbocycles. The van der Waals surface area contributed by atoms with Crippen molar-refractivity contribution in [2.75, 3.05) is 11.1 Å². The minimum absolute atomic E-state index is 0.128. The number of benzene rings is 1. The third kappa shape index (κ3) is 5.25. The van der Waals surface area contributed by atoms with Crippen LogP contribution in [0.2, 0.25) is 0 Å². The molecule has 0 fully saturated rings. The topological polar surface area (TPSA) is 74.8 Å². The maximum absolute atomic E-state index is 12.0. The summed E-state index contributed by atoms with van der Waals surface area (Å²) < 4.78 is 0. The van der Waals surface area contributed by atoms with Gasteiger partial charge >= 0.3 is 0 Å². The van der Waals surface area contributed by atoms with E-state index in [1.807, 2.05) is 31.2 Å². The number of hydrogen-bond donors (Lipinski definition) is 2. The van der Waals surface area contributed by atoms with Crippen LogP contribution < -0.4 is 10.9 Å². The van der Waals surface area contributed by atoms with Crippen molar-refractivity contribution >= 4 is 23.4 Å². The molecule has 0 radical (unpaired) electrons. The first kappa shape index (κ1) is 17.3. The molecule has 1 heterocycles. The van der Waals surface area contributed by atoms with Crippen LogP contribution in [-0.2, 0) is 11.2 Å². The zero-order valence-corrected chi connectivity index (χ0v) is 14.4. The van der Waals surface area contributed by atoms with Gasteiger partial charge in [-0.1, -0.05) is 44.7 Å². The zero-order valence-electron chi connectivity index (χ0n) is 13.6. The SMILES string of the molecule is CCc1cc(=O)[nH]c(SCC(=O)Nc2ccc(C(C)C)cc2)n1. The standard InChI is InChI=1S/C17H21N3O2S/c1-4-13-9-15(21)20-17(19-13)23-10-16(22)18-14-7-5-12(6-8-14)11(2)3/h5-9,11H,4,10H2,1-3H3,(H,18,22)(H,19,20,21). The van der Waals surface area contributed by atoms with Crippen LogP contribution in [0.5, 0.6) is 0 Å². The Morgan fingerprint density at radius 3 is 2.61 bits per heavy atom. The van der Waals surface area contributed by atoms with Crippen LogP contribution in [0.4, 0.5) is 5.69 Å². The van der Waals surface area contributed by atoms with Crippen molar-refractivity contribution in [3.05, 3.63) is 51.9 Å². The molecule has 0 unspecified atom stereocenters. The number of rotatable bonds is 6. The Balaban J connectivity index is 1.92. The van der Waals surface area contributed by atoms with Crippen LogP contribution in [0.1, 0.15) is 37.9 Å². The van der Waals surface area contributed by atoms with E-state index in [-0.39, 0.29) is 17.2 Å². The smallest absolute Gasteiger partial charge is 0.251 e. The van der Waals surface area contributed by atoms with Gasteiger partial charge in [-0.15, -0.1) is 0 Å². The summed E-state index contributed by atoms with van der Waals surface area (Å²) in [6, 6.07) is 9.29. The maximum atomic E-state index is 12.0. The number of nitrogens with one attached hydrogen (secondary N) is 2. The number of H-pyrrole nitrogens is 1. The van der Waals surface area contributed by atoms with Crippen LogP contribution in [0, 0.1) is 0 Å². The Hall–Kier alpha value is -2.08. The molecule has 122 valence electrons. The lowest BCUT2D eigenvalue weighted by Gasteiger charge is -2.08. The van der Waals surface area contributed by atoms with E-state index < -0.39 is 0 Å². The highest BCUT2D eigenvalue weighted by Crippen LogP contribution is 2.18. The van der Waals surface area contributed by atoms with E-state index in [9.17, 15) is 9.59 Å². The number of carbonyl (C=O) groups excluding carboxylic acids is 1. The lowest BCUT2D eigenvalue weighted by Crippen LogP contribution is -2.15. The summed E-state index contributed by atoms with van der Waals surface area (Å²) in [5, 5.41) is 3.31. The van der Waals surface area contributed by atoms with Crippen molar-refractivity contribution in [1.82, 2.24) is 9.97 Å². The summed E-state index contributed by atoms with van der Waals surface area (Å²) in [6.45, 7) is 6.19. The predicted octanol–water partition coefficient (Wildman–Crippen LogP) is 3.19. The molecule has 0 spiro atoms. The quantitative estimate of drug-likeness (QED) is 0.630. The molecule has 0 saturated carbocycles. The number of hydrogen-bond acceptors (Lipinski definition) is 4. The molecule has 2 N–H and O–H groups in total. The molecule has 1 amide bonds. The molecule has 5 nitrogen and oxygen atoms in total. The van der Waals surface area contributed by atoms with E-state index in [0.29, 0.717) is 17.5 Å². The number of nitrogens with zero attached hydrogens (tertiary/aromatic N) is 1. The molecular formula is C17H21N3O2S. The van der Waals surface area contributed by atoms with Gasteiger partial charge in [-0.3, -0.25) is 9.59 Å². The second kappa shape index (κ2) is 7.97. The number of thioether (sulfide) groups is 1. The van der Waals surface area contributed by atoms with Crippen LogP contribution in [-0.4, -0.2) is 21.6 Å². The molecule has 2 aromatic rings. The van der Waals surface area contributed by atoms with Gasteiger partial charge in [0.25, 0.3) is 5.56 Å². The van der Waals surface area contributed by atoms with E-state index in [4.69, 9.17) is 0 Å². The van der Waals surface area contributed by atoms with Crippen LogP contribution in [0.15, 0.2) is 40.3 Å². The van der Waals surface area contributed by atoms with Crippen molar-refractivity contribution in [2.24, 2.45) is 0 Å². The Morgan fingerprint density at radius 2 is 2.00 bits per heavy atom. The Morgan fingerprint density at radius 1 is 1.30 bits per heavy atom. The fourth-order valence-corrected chi connectivity index (χ4v) is 2.71. The summed E-state index contributed by atoms with van der Waals surface area (Å²) in [7, 11) is 0. The van der Waals surface area contributed by atoms with Crippen molar-refractivity contribution in [3.63, 3.8) is 0 Å². The second-order valence-electron chi connectivity index (χ2n) is 5.51. The number of anilines is 1. The fourth-order valence-electron chi connectivity index (χ4n) is 2.02. The van der Waals surface area contributed by atoms with Gasteiger partial charge in [0, 0.05) is 17.4 Å². The highest BCUT2D eigenvalue weighted by Gasteiger charge is 2.07. The molecule has 1 aromatic heterocycles. The van der Waals surface area contributed by atoms with Gasteiger partial charge in [0.1, 0.15) is 0 Å². The summed E-state index contributed by atoms with van der Waals surface area (Å²) >= 11 is 1.22. The molecule has 1 aromatic carbocycles. The summed E-state index contributed by atoms with van der Waals surface area (Å²) in [5.74, 6) is 0.531. The van der Waals surface area contributed by atoms with Gasteiger partial charge in [-0.2, -0.15) is 0 Å². The van der Waals surface area contributed by atoms with Crippen LogP contribution >= 0.6 is 11.8 Å². The van der Waals surface area contributed by atoms with E-state index >= 15 is 0 Å². The summed E-state index contributed by atoms with van der Waals surface area (Å²) in [4.78, 5) is 30.4. The lowest BCUT2D eigenvalue weighted by atomic mass is 10.0. The molecule has 0 aliphatic heterocycles. The first-order chi connectivity index (χ1) is 11.0. The Kier molecular flexibility index (Phi) is 5.98. The first-order valence-electron chi connectivity index (χ1n) is 7.60. The first-order valence-corrected chi connectivity index (χ1v) is 8.59. The molecule has 0 saturated heterocycles. The Labute approximate surface area is 139 Å². The number of amides is 1. The molecule has 2 rings (SSSR count). The van der Waals surface area contributed by atoms with Gasteiger partial charge < -0.3 is 10.3 Å². The largest absolute Gasteiger partial charge is 0.325 e. The molecule has 0 bridgehead atoms. The van der Waals surface area contributed by atoms with Gasteiger partial charge in [-0.05, 0) is 30.0 Å². The maximum Gasteiger partial charge on any atom is 0.251 e. The molecule has 23 heavy (non-hydrogen) atoms. The van der Waals surface area contributed by atoms with Crippen molar-refractivity contribution in [3.8, 4) is 0 Å². The van der Waals surface area contributed by atoms with Crippen molar-refractivity contribution < 1.29 is 4.79 Å². The van der Waals surface area contributed by atoms with E-state index in [1.165, 1.54) is 23.4 Å². The number of aryl methyl sites for hydroxylation is 1. The molecular weight excluding hydrogens is 310 g/mol. The highest BCUT2D eigenvalue weighted by atomic mass is 32.2. The van der Waals surface area contributed by atoms with Crippen LogP contribution in [0.25, 0.3) is 0 Å². The minimum Gasteiger partial charge on any atom is -0.325 e. The van der Waals surface area contributed by atoms with Crippen molar-refractivity contribution in [2.45, 2.75) is 38.3 Å². The fraction of sp³-hybridized carbons (Fsp3) is 0.353. The van der Waals surface area contributed by atoms with E-state index in [2.05, 4.69) is 29.1 Å². The molecule has 6 heteroatoms. The Bertz CT molecular complexity index is 723. The van der Waals surface area contributed by atoms with Gasteiger partial charge in [0.2, 0.25) is 5.91 Å². The normalized spacial score (nSPS) is 10.8. The highest BCUT2D eigenvalue weighted by molar-refractivity contribution is 7.99. The van der Waals surface area contributed by atoms with E-state index in [1.54, 1.807) is 0 Å². The van der Waals surface area contributed by atoms with Crippen molar-refractivity contribution in [1.29, 1.82) is 0 Å². The third-order valence-electron chi connectivity index (χ3n) is 3.34. The van der Waals surface area contributed by atoms with Gasteiger partial charge in [-0.25, -0.2) is 4.98 Å².